The molecule has 4 heteroatoms. The number of carboxylic acids is 1. The van der Waals surface area contributed by atoms with E-state index < -0.39 is 5.97 Å². The first-order chi connectivity index (χ1) is 10.5. The summed E-state index contributed by atoms with van der Waals surface area (Å²) in [5.74, 6) is -1.13. The quantitative estimate of drug-likeness (QED) is 0.886. The van der Waals surface area contributed by atoms with Crippen LogP contribution >= 0.6 is 0 Å². The topological polar surface area (TPSA) is 66.4 Å². The number of aryl methyl sites for hydroxylation is 3. The lowest BCUT2D eigenvalue weighted by Gasteiger charge is -2.07. The third-order valence-corrected chi connectivity index (χ3v) is 3.61. The number of carbonyl (C=O) groups excluding carboxylic acids is 1. The minimum atomic E-state index is -1.01. The average Bonchev–Trinajstić information content (AvgIpc) is 2.49. The van der Waals surface area contributed by atoms with Crippen LogP contribution in [0.3, 0.4) is 0 Å². The molecule has 0 saturated heterocycles. The molecule has 0 unspecified atom stereocenters. The summed E-state index contributed by atoms with van der Waals surface area (Å²) in [6.07, 6.45) is 1.02. The molecule has 0 radical (unpaired) electrons. The molecule has 0 bridgehead atoms. The van der Waals surface area contributed by atoms with E-state index in [2.05, 4.69) is 31.3 Å². The number of amides is 1. The molecular formula is C18H19NO3. The van der Waals surface area contributed by atoms with Gasteiger partial charge in [0.15, 0.2) is 0 Å². The summed E-state index contributed by atoms with van der Waals surface area (Å²) in [7, 11) is 0. The summed E-state index contributed by atoms with van der Waals surface area (Å²) in [6.45, 7) is 4.11. The van der Waals surface area contributed by atoms with E-state index in [1.807, 2.05) is 6.07 Å². The molecule has 0 aliphatic carbocycles. The van der Waals surface area contributed by atoms with Gasteiger partial charge in [-0.3, -0.25) is 4.79 Å². The van der Waals surface area contributed by atoms with E-state index in [4.69, 9.17) is 5.11 Å². The van der Waals surface area contributed by atoms with Gasteiger partial charge in [-0.05, 0) is 55.2 Å². The highest BCUT2D eigenvalue weighted by molar-refractivity contribution is 5.93. The Morgan fingerprint density at radius 2 is 1.82 bits per heavy atom. The molecule has 2 aromatic rings. The first-order valence-electron chi connectivity index (χ1n) is 7.15. The summed E-state index contributed by atoms with van der Waals surface area (Å²) in [5.41, 5.74) is 4.24. The fourth-order valence-corrected chi connectivity index (χ4v) is 2.17. The first-order valence-corrected chi connectivity index (χ1v) is 7.15. The van der Waals surface area contributed by atoms with E-state index in [1.54, 1.807) is 12.1 Å². The van der Waals surface area contributed by atoms with Gasteiger partial charge in [0.25, 0.3) is 0 Å². The normalized spacial score (nSPS) is 10.3. The SMILES string of the molecule is Cc1ccc(CCC(=O)Nc2cccc(C(=O)O)c2)cc1C. The smallest absolute Gasteiger partial charge is 0.335 e. The lowest BCUT2D eigenvalue weighted by molar-refractivity contribution is -0.116. The fraction of sp³-hybridized carbons (Fsp3) is 0.222. The molecule has 2 aromatic carbocycles. The Morgan fingerprint density at radius 3 is 2.50 bits per heavy atom. The number of carboxylic acid groups (broad SMARTS) is 1. The van der Waals surface area contributed by atoms with E-state index in [0.29, 0.717) is 18.5 Å². The summed E-state index contributed by atoms with van der Waals surface area (Å²) in [6, 6.07) is 12.4. The molecule has 0 aromatic heterocycles. The molecule has 0 fully saturated rings. The molecule has 22 heavy (non-hydrogen) atoms. The highest BCUT2D eigenvalue weighted by Crippen LogP contribution is 2.14. The number of nitrogens with one attached hydrogen (secondary N) is 1. The Labute approximate surface area is 129 Å². The van der Waals surface area contributed by atoms with Crippen LogP contribution in [0.15, 0.2) is 42.5 Å². The van der Waals surface area contributed by atoms with Crippen LogP contribution in [0.25, 0.3) is 0 Å². The highest BCUT2D eigenvalue weighted by atomic mass is 16.4. The van der Waals surface area contributed by atoms with Crippen molar-refractivity contribution in [1.29, 1.82) is 0 Å². The molecule has 0 aliphatic heterocycles. The number of anilines is 1. The van der Waals surface area contributed by atoms with Crippen LogP contribution in [0.4, 0.5) is 5.69 Å². The molecule has 0 heterocycles. The van der Waals surface area contributed by atoms with Gasteiger partial charge in [0.1, 0.15) is 0 Å². The summed E-state index contributed by atoms with van der Waals surface area (Å²) in [4.78, 5) is 22.9. The van der Waals surface area contributed by atoms with Gasteiger partial charge in [0.2, 0.25) is 5.91 Å². The van der Waals surface area contributed by atoms with Crippen molar-refractivity contribution in [2.24, 2.45) is 0 Å². The van der Waals surface area contributed by atoms with Crippen LogP contribution in [0, 0.1) is 13.8 Å². The molecule has 114 valence electrons. The molecule has 4 nitrogen and oxygen atoms in total. The van der Waals surface area contributed by atoms with Crippen molar-refractivity contribution in [2.75, 3.05) is 5.32 Å². The van der Waals surface area contributed by atoms with Crippen molar-refractivity contribution in [1.82, 2.24) is 0 Å². The zero-order valence-electron chi connectivity index (χ0n) is 12.7. The van der Waals surface area contributed by atoms with Crippen LogP contribution in [0.1, 0.15) is 33.5 Å². The number of hydrogen-bond acceptors (Lipinski definition) is 2. The van der Waals surface area contributed by atoms with Crippen LogP contribution < -0.4 is 5.32 Å². The van der Waals surface area contributed by atoms with E-state index in [9.17, 15) is 9.59 Å². The standard InChI is InChI=1S/C18H19NO3/c1-12-6-7-14(10-13(12)2)8-9-17(20)19-16-5-3-4-15(11-16)18(21)22/h3-7,10-11H,8-9H2,1-2H3,(H,19,20)(H,21,22). The van der Waals surface area contributed by atoms with Crippen molar-refractivity contribution < 1.29 is 14.7 Å². The summed E-state index contributed by atoms with van der Waals surface area (Å²) in [5, 5.41) is 11.7. The van der Waals surface area contributed by atoms with E-state index in [1.165, 1.54) is 23.3 Å². The Bertz CT molecular complexity index is 707. The molecule has 2 N–H and O–H groups in total. The lowest BCUT2D eigenvalue weighted by atomic mass is 10.0. The minimum Gasteiger partial charge on any atom is -0.478 e. The van der Waals surface area contributed by atoms with Crippen LogP contribution in [-0.2, 0) is 11.2 Å². The first kappa shape index (κ1) is 15.8. The monoisotopic (exact) mass is 297 g/mol. The predicted octanol–water partition coefficient (Wildman–Crippen LogP) is 3.57. The van der Waals surface area contributed by atoms with Gasteiger partial charge in [0.05, 0.1) is 5.56 Å². The van der Waals surface area contributed by atoms with E-state index in [-0.39, 0.29) is 11.5 Å². The van der Waals surface area contributed by atoms with Crippen molar-refractivity contribution in [3.05, 3.63) is 64.7 Å². The van der Waals surface area contributed by atoms with Gasteiger partial charge in [-0.25, -0.2) is 4.79 Å². The number of aromatic carboxylic acids is 1. The van der Waals surface area contributed by atoms with Crippen molar-refractivity contribution in [3.63, 3.8) is 0 Å². The molecule has 0 aliphatic rings. The zero-order valence-corrected chi connectivity index (χ0v) is 12.7. The highest BCUT2D eigenvalue weighted by Gasteiger charge is 2.07. The van der Waals surface area contributed by atoms with Gasteiger partial charge >= 0.3 is 5.97 Å². The van der Waals surface area contributed by atoms with Crippen LogP contribution in [-0.4, -0.2) is 17.0 Å². The maximum absolute atomic E-state index is 12.0. The predicted molar refractivity (Wildman–Crippen MR) is 86.3 cm³/mol. The van der Waals surface area contributed by atoms with Gasteiger partial charge in [-0.1, -0.05) is 24.3 Å². The Kier molecular flexibility index (Phi) is 4.94. The summed E-state index contributed by atoms with van der Waals surface area (Å²) < 4.78 is 0. The number of hydrogen-bond donors (Lipinski definition) is 2. The van der Waals surface area contributed by atoms with Crippen molar-refractivity contribution in [3.8, 4) is 0 Å². The number of rotatable bonds is 5. The number of carbonyl (C=O) groups is 2. The van der Waals surface area contributed by atoms with Gasteiger partial charge < -0.3 is 10.4 Å². The zero-order chi connectivity index (χ0) is 16.1. The second kappa shape index (κ2) is 6.89. The third-order valence-electron chi connectivity index (χ3n) is 3.61. The fourth-order valence-electron chi connectivity index (χ4n) is 2.17. The molecule has 1 amide bonds. The van der Waals surface area contributed by atoms with E-state index in [0.717, 1.165) is 5.56 Å². The Balaban J connectivity index is 1.94. The summed E-state index contributed by atoms with van der Waals surface area (Å²) >= 11 is 0. The molecular weight excluding hydrogens is 278 g/mol. The maximum Gasteiger partial charge on any atom is 0.335 e. The molecule has 2 rings (SSSR count). The van der Waals surface area contributed by atoms with Gasteiger partial charge in [-0.2, -0.15) is 0 Å². The van der Waals surface area contributed by atoms with Crippen LogP contribution in [0.5, 0.6) is 0 Å². The average molecular weight is 297 g/mol. The maximum atomic E-state index is 12.0. The van der Waals surface area contributed by atoms with Crippen molar-refractivity contribution >= 4 is 17.6 Å². The molecule has 0 spiro atoms. The van der Waals surface area contributed by atoms with Crippen molar-refractivity contribution in [2.45, 2.75) is 26.7 Å². The van der Waals surface area contributed by atoms with Crippen LogP contribution in [0.2, 0.25) is 0 Å². The Morgan fingerprint density at radius 1 is 1.05 bits per heavy atom. The Hall–Kier alpha value is -2.62. The third kappa shape index (κ3) is 4.19. The minimum absolute atomic E-state index is 0.124. The lowest BCUT2D eigenvalue weighted by Crippen LogP contribution is -2.13. The molecule has 0 saturated carbocycles. The van der Waals surface area contributed by atoms with Gasteiger partial charge in [0, 0.05) is 12.1 Å². The second-order valence-corrected chi connectivity index (χ2v) is 5.35. The molecule has 0 atom stereocenters. The van der Waals surface area contributed by atoms with Gasteiger partial charge in [-0.15, -0.1) is 0 Å². The second-order valence-electron chi connectivity index (χ2n) is 5.35. The number of benzene rings is 2. The van der Waals surface area contributed by atoms with E-state index >= 15 is 0 Å². The largest absolute Gasteiger partial charge is 0.478 e.